The number of hydrogen-bond donors (Lipinski definition) is 1. The third kappa shape index (κ3) is 3.76. The van der Waals surface area contributed by atoms with Gasteiger partial charge in [-0.3, -0.25) is 0 Å². The molecule has 1 unspecified atom stereocenters. The minimum Gasteiger partial charge on any atom is -0.317 e. The SMILES string of the molecule is CNC(C)CCSc1nc(C)c(C)c(C)n1. The summed E-state index contributed by atoms with van der Waals surface area (Å²) in [7, 11) is 1.99. The first kappa shape index (κ1) is 13.5. The highest BCUT2D eigenvalue weighted by atomic mass is 32.2. The van der Waals surface area contributed by atoms with Crippen LogP contribution in [0.2, 0.25) is 0 Å². The number of nitrogens with zero attached hydrogens (tertiary/aromatic N) is 2. The summed E-state index contributed by atoms with van der Waals surface area (Å²) in [6, 6.07) is 0.556. The third-order valence-corrected chi connectivity index (χ3v) is 3.77. The van der Waals surface area contributed by atoms with E-state index >= 15 is 0 Å². The molecule has 1 rings (SSSR count). The van der Waals surface area contributed by atoms with Crippen LogP contribution in [0.25, 0.3) is 0 Å². The van der Waals surface area contributed by atoms with Crippen LogP contribution >= 0.6 is 11.8 Å². The van der Waals surface area contributed by atoms with Gasteiger partial charge in [-0.15, -0.1) is 0 Å². The van der Waals surface area contributed by atoms with Gasteiger partial charge in [-0.2, -0.15) is 0 Å². The largest absolute Gasteiger partial charge is 0.317 e. The standard InChI is InChI=1S/C12H21N3S/c1-8(13-5)6-7-16-12-14-10(3)9(2)11(4)15-12/h8,13H,6-7H2,1-5H3. The number of hydrogen-bond acceptors (Lipinski definition) is 4. The molecule has 1 aromatic rings. The molecule has 0 saturated carbocycles. The number of aromatic nitrogens is 2. The van der Waals surface area contributed by atoms with Gasteiger partial charge in [-0.05, 0) is 46.7 Å². The maximum absolute atomic E-state index is 4.49. The molecule has 0 radical (unpaired) electrons. The molecule has 3 nitrogen and oxygen atoms in total. The van der Waals surface area contributed by atoms with Gasteiger partial charge in [-0.25, -0.2) is 9.97 Å². The molecule has 0 aromatic carbocycles. The summed E-state index contributed by atoms with van der Waals surface area (Å²) >= 11 is 1.74. The Morgan fingerprint density at radius 2 is 1.75 bits per heavy atom. The molecule has 90 valence electrons. The highest BCUT2D eigenvalue weighted by Crippen LogP contribution is 2.18. The summed E-state index contributed by atoms with van der Waals surface area (Å²) in [5.74, 6) is 1.06. The van der Waals surface area contributed by atoms with E-state index in [0.717, 1.165) is 28.7 Å². The van der Waals surface area contributed by atoms with Crippen molar-refractivity contribution < 1.29 is 0 Å². The quantitative estimate of drug-likeness (QED) is 0.633. The van der Waals surface area contributed by atoms with E-state index in [9.17, 15) is 0 Å². The van der Waals surface area contributed by atoms with Crippen LogP contribution in [-0.2, 0) is 0 Å². The Balaban J connectivity index is 2.55. The van der Waals surface area contributed by atoms with Gasteiger partial charge in [0.05, 0.1) is 0 Å². The van der Waals surface area contributed by atoms with Crippen LogP contribution in [0.5, 0.6) is 0 Å². The van der Waals surface area contributed by atoms with Gasteiger partial charge in [0.15, 0.2) is 5.16 Å². The zero-order chi connectivity index (χ0) is 12.1. The van der Waals surface area contributed by atoms with Crippen LogP contribution in [0.4, 0.5) is 0 Å². The highest BCUT2D eigenvalue weighted by molar-refractivity contribution is 7.99. The molecule has 0 saturated heterocycles. The fourth-order valence-corrected chi connectivity index (χ4v) is 2.33. The van der Waals surface area contributed by atoms with Crippen molar-refractivity contribution in [3.8, 4) is 0 Å². The van der Waals surface area contributed by atoms with Crippen LogP contribution in [0, 0.1) is 20.8 Å². The normalized spacial score (nSPS) is 12.8. The molecule has 1 N–H and O–H groups in total. The summed E-state index contributed by atoms with van der Waals surface area (Å²) < 4.78 is 0. The van der Waals surface area contributed by atoms with Crippen molar-refractivity contribution in [2.75, 3.05) is 12.8 Å². The molecule has 1 aromatic heterocycles. The Morgan fingerprint density at radius 1 is 1.19 bits per heavy atom. The van der Waals surface area contributed by atoms with Gasteiger partial charge in [0, 0.05) is 23.2 Å². The van der Waals surface area contributed by atoms with E-state index < -0.39 is 0 Å². The summed E-state index contributed by atoms with van der Waals surface area (Å²) in [5, 5.41) is 4.14. The van der Waals surface area contributed by atoms with Gasteiger partial charge in [0.25, 0.3) is 0 Å². The van der Waals surface area contributed by atoms with E-state index in [4.69, 9.17) is 0 Å². The van der Waals surface area contributed by atoms with E-state index in [1.54, 1.807) is 11.8 Å². The average molecular weight is 239 g/mol. The van der Waals surface area contributed by atoms with Gasteiger partial charge in [-0.1, -0.05) is 11.8 Å². The Labute approximate surface area is 102 Å². The van der Waals surface area contributed by atoms with Crippen molar-refractivity contribution in [3.63, 3.8) is 0 Å². The lowest BCUT2D eigenvalue weighted by atomic mass is 10.2. The first-order valence-electron chi connectivity index (χ1n) is 5.66. The molecular formula is C12H21N3S. The average Bonchev–Trinajstić information content (AvgIpc) is 2.25. The van der Waals surface area contributed by atoms with Gasteiger partial charge >= 0.3 is 0 Å². The number of aryl methyl sites for hydroxylation is 2. The maximum atomic E-state index is 4.49. The number of thioether (sulfide) groups is 1. The number of nitrogens with one attached hydrogen (secondary N) is 1. The molecule has 0 bridgehead atoms. The van der Waals surface area contributed by atoms with Crippen molar-refractivity contribution in [2.45, 2.75) is 45.3 Å². The molecular weight excluding hydrogens is 218 g/mol. The molecule has 16 heavy (non-hydrogen) atoms. The van der Waals surface area contributed by atoms with Gasteiger partial charge in [0.2, 0.25) is 0 Å². The van der Waals surface area contributed by atoms with Crippen LogP contribution in [0.15, 0.2) is 5.16 Å². The Bertz CT molecular complexity index is 329. The molecule has 4 heteroatoms. The van der Waals surface area contributed by atoms with Crippen molar-refractivity contribution in [1.29, 1.82) is 0 Å². The fourth-order valence-electron chi connectivity index (χ4n) is 1.28. The summed E-state index contributed by atoms with van der Waals surface area (Å²) in [6.45, 7) is 8.35. The summed E-state index contributed by atoms with van der Waals surface area (Å²) in [4.78, 5) is 8.98. The smallest absolute Gasteiger partial charge is 0.187 e. The van der Waals surface area contributed by atoms with Crippen LogP contribution in [-0.4, -0.2) is 28.8 Å². The Hall–Kier alpha value is -0.610. The number of rotatable bonds is 5. The molecule has 0 fully saturated rings. The molecule has 0 aliphatic rings. The topological polar surface area (TPSA) is 37.8 Å². The molecule has 0 aliphatic carbocycles. The van der Waals surface area contributed by atoms with Gasteiger partial charge < -0.3 is 5.32 Å². The van der Waals surface area contributed by atoms with E-state index in [1.165, 1.54) is 5.56 Å². The maximum Gasteiger partial charge on any atom is 0.187 e. The van der Waals surface area contributed by atoms with Crippen molar-refractivity contribution in [1.82, 2.24) is 15.3 Å². The van der Waals surface area contributed by atoms with Gasteiger partial charge in [0.1, 0.15) is 0 Å². The minimum absolute atomic E-state index is 0.556. The lowest BCUT2D eigenvalue weighted by molar-refractivity contribution is 0.597. The first-order chi connectivity index (χ1) is 7.54. The third-order valence-electron chi connectivity index (χ3n) is 2.89. The summed E-state index contributed by atoms with van der Waals surface area (Å²) in [6.07, 6.45) is 1.14. The van der Waals surface area contributed by atoms with Crippen LogP contribution < -0.4 is 5.32 Å². The molecule has 0 aliphatic heterocycles. The van der Waals surface area contributed by atoms with E-state index in [1.807, 2.05) is 20.9 Å². The Kier molecular flexibility index (Phi) is 5.22. The van der Waals surface area contributed by atoms with E-state index in [-0.39, 0.29) is 0 Å². The van der Waals surface area contributed by atoms with Crippen LogP contribution in [0.1, 0.15) is 30.3 Å². The Morgan fingerprint density at radius 3 is 2.25 bits per heavy atom. The molecule has 1 heterocycles. The second kappa shape index (κ2) is 6.21. The van der Waals surface area contributed by atoms with Crippen LogP contribution in [0.3, 0.4) is 0 Å². The van der Waals surface area contributed by atoms with Crippen molar-refractivity contribution in [2.24, 2.45) is 0 Å². The predicted molar refractivity (Wildman–Crippen MR) is 70.1 cm³/mol. The monoisotopic (exact) mass is 239 g/mol. The predicted octanol–water partition coefficient (Wildman–Crippen LogP) is 2.49. The first-order valence-corrected chi connectivity index (χ1v) is 6.65. The zero-order valence-electron chi connectivity index (χ0n) is 10.8. The van der Waals surface area contributed by atoms with E-state index in [0.29, 0.717) is 6.04 Å². The molecule has 1 atom stereocenters. The fraction of sp³-hybridized carbons (Fsp3) is 0.667. The van der Waals surface area contributed by atoms with Crippen molar-refractivity contribution >= 4 is 11.8 Å². The molecule has 0 amide bonds. The lowest BCUT2D eigenvalue weighted by Gasteiger charge is -2.10. The van der Waals surface area contributed by atoms with Crippen molar-refractivity contribution in [3.05, 3.63) is 17.0 Å². The second-order valence-electron chi connectivity index (χ2n) is 4.13. The lowest BCUT2D eigenvalue weighted by Crippen LogP contribution is -2.21. The second-order valence-corrected chi connectivity index (χ2v) is 5.19. The molecule has 0 spiro atoms. The zero-order valence-corrected chi connectivity index (χ0v) is 11.6. The minimum atomic E-state index is 0.556. The highest BCUT2D eigenvalue weighted by Gasteiger charge is 2.05. The van der Waals surface area contributed by atoms with E-state index in [2.05, 4.69) is 29.1 Å². The summed E-state index contributed by atoms with van der Waals surface area (Å²) in [5.41, 5.74) is 3.39.